The fourth-order valence-electron chi connectivity index (χ4n) is 2.16. The van der Waals surface area contributed by atoms with Crippen LogP contribution in [0.4, 0.5) is 0 Å². The van der Waals surface area contributed by atoms with E-state index in [4.69, 9.17) is 10.3 Å². The maximum Gasteiger partial charge on any atom is 0.224 e. The minimum atomic E-state index is -0.575. The van der Waals surface area contributed by atoms with E-state index in [2.05, 4.69) is 15.3 Å². The quantitative estimate of drug-likeness (QED) is 0.253. The van der Waals surface area contributed by atoms with Gasteiger partial charge in [0.15, 0.2) is 11.6 Å². The number of nitrogens with zero attached hydrogens (tertiary/aromatic N) is 3. The van der Waals surface area contributed by atoms with Crippen LogP contribution in [0.2, 0.25) is 0 Å². The molecule has 0 aromatic carbocycles. The van der Waals surface area contributed by atoms with Gasteiger partial charge in [0.05, 0.1) is 12.6 Å². The highest BCUT2D eigenvalue weighted by Crippen LogP contribution is 2.17. The smallest absolute Gasteiger partial charge is 0.224 e. The summed E-state index contributed by atoms with van der Waals surface area (Å²) in [6.07, 6.45) is 0.0492. The first kappa shape index (κ1) is 22.1. The van der Waals surface area contributed by atoms with E-state index in [1.807, 2.05) is 13.8 Å². The van der Waals surface area contributed by atoms with Crippen LogP contribution in [0.3, 0.4) is 0 Å². The first-order valence-electron chi connectivity index (χ1n) is 8.15. The Hall–Kier alpha value is -1.92. The van der Waals surface area contributed by atoms with Crippen molar-refractivity contribution < 1.29 is 19.1 Å². The van der Waals surface area contributed by atoms with E-state index in [1.54, 1.807) is 20.8 Å². The number of rotatable bonds is 12. The molecule has 0 aliphatic rings. The van der Waals surface area contributed by atoms with Gasteiger partial charge in [-0.2, -0.15) is 0 Å². The molecule has 0 bridgehead atoms. The van der Waals surface area contributed by atoms with Crippen molar-refractivity contribution in [1.29, 1.82) is 0 Å². The fourth-order valence-corrected chi connectivity index (χ4v) is 2.16. The highest BCUT2D eigenvalue weighted by atomic mass is 16.5. The van der Waals surface area contributed by atoms with Crippen molar-refractivity contribution in [2.45, 2.75) is 47.1 Å². The Bertz CT molecular complexity index is 484. The van der Waals surface area contributed by atoms with Gasteiger partial charge >= 0.3 is 0 Å². The Morgan fingerprint density at radius 3 is 2.29 bits per heavy atom. The second-order valence-corrected chi connectivity index (χ2v) is 6.39. The lowest BCUT2D eigenvalue weighted by atomic mass is 9.89. The van der Waals surface area contributed by atoms with Crippen molar-refractivity contribution in [1.82, 2.24) is 5.32 Å². The average Bonchev–Trinajstić information content (AvgIpc) is 2.50. The molecule has 0 aromatic rings. The molecule has 0 saturated heterocycles. The fraction of sp³-hybridized carbons (Fsp3) is 0.812. The van der Waals surface area contributed by atoms with Crippen LogP contribution in [-0.4, -0.2) is 43.3 Å². The summed E-state index contributed by atoms with van der Waals surface area (Å²) in [5.74, 6) is -1.26. The zero-order valence-corrected chi connectivity index (χ0v) is 15.1. The summed E-state index contributed by atoms with van der Waals surface area (Å²) in [4.78, 5) is 38.8. The Balaban J connectivity index is 4.52. The van der Waals surface area contributed by atoms with E-state index in [0.29, 0.717) is 0 Å². The van der Waals surface area contributed by atoms with Crippen molar-refractivity contribution in [3.05, 3.63) is 10.4 Å². The number of hydrogen-bond donors (Lipinski definition) is 1. The van der Waals surface area contributed by atoms with E-state index >= 15 is 0 Å². The molecule has 0 unspecified atom stereocenters. The molecule has 1 N–H and O–H groups in total. The number of carbonyl (C=O) groups excluding carboxylic acids is 3. The zero-order chi connectivity index (χ0) is 18.7. The number of nitrogens with one attached hydrogen (secondary N) is 1. The van der Waals surface area contributed by atoms with Gasteiger partial charge in [-0.3, -0.25) is 14.4 Å². The highest BCUT2D eigenvalue weighted by Gasteiger charge is 2.28. The summed E-state index contributed by atoms with van der Waals surface area (Å²) in [7, 11) is 0. The minimum Gasteiger partial charge on any atom is -0.374 e. The van der Waals surface area contributed by atoms with Gasteiger partial charge in [0.2, 0.25) is 5.91 Å². The van der Waals surface area contributed by atoms with Crippen LogP contribution >= 0.6 is 0 Å². The van der Waals surface area contributed by atoms with E-state index in [0.717, 1.165) is 0 Å². The van der Waals surface area contributed by atoms with Crippen LogP contribution in [0, 0.1) is 17.8 Å². The van der Waals surface area contributed by atoms with Gasteiger partial charge in [-0.1, -0.05) is 32.8 Å². The lowest BCUT2D eigenvalue weighted by molar-refractivity contribution is -0.135. The summed E-state index contributed by atoms with van der Waals surface area (Å²) in [6.45, 7) is 9.12. The van der Waals surface area contributed by atoms with Crippen LogP contribution in [0.15, 0.2) is 5.11 Å². The number of Topliss-reactive ketones (excluding diaryl/α,β-unsaturated/α-hetero) is 2. The van der Waals surface area contributed by atoms with Crippen LogP contribution in [0.25, 0.3) is 10.4 Å². The zero-order valence-electron chi connectivity index (χ0n) is 15.1. The highest BCUT2D eigenvalue weighted by molar-refractivity contribution is 5.92. The average molecular weight is 340 g/mol. The molecule has 8 nitrogen and oxygen atoms in total. The van der Waals surface area contributed by atoms with Crippen LogP contribution in [0.1, 0.15) is 41.0 Å². The third-order valence-corrected chi connectivity index (χ3v) is 3.61. The Morgan fingerprint density at radius 2 is 1.79 bits per heavy atom. The van der Waals surface area contributed by atoms with Gasteiger partial charge in [-0.25, -0.2) is 0 Å². The van der Waals surface area contributed by atoms with Gasteiger partial charge in [0, 0.05) is 29.7 Å². The van der Waals surface area contributed by atoms with Gasteiger partial charge < -0.3 is 10.1 Å². The summed E-state index contributed by atoms with van der Waals surface area (Å²) in [6, 6.07) is -0.575. The molecule has 0 heterocycles. The first-order valence-corrected chi connectivity index (χ1v) is 8.15. The molecule has 136 valence electrons. The molecule has 0 rings (SSSR count). The predicted octanol–water partition coefficient (Wildman–Crippen LogP) is 2.27. The first-order chi connectivity index (χ1) is 11.2. The normalized spacial score (nSPS) is 13.3. The Kier molecular flexibility index (Phi) is 10.7. The number of carbonyl (C=O) groups is 3. The second kappa shape index (κ2) is 11.6. The number of amides is 1. The standard InChI is InChI=1S/C16H28N4O4/c1-10(2)14(8-13(21)9-24-7-6-18-20-17)16(23)19-12(5)15(22)11(3)4/h10-12,14H,6-9H2,1-5H3,(H,19,23)/t12-,14-/m0/s1. The molecule has 0 fully saturated rings. The van der Waals surface area contributed by atoms with Crippen molar-refractivity contribution in [3.8, 4) is 0 Å². The maximum atomic E-state index is 12.4. The molecule has 0 aliphatic heterocycles. The van der Waals surface area contributed by atoms with Crippen molar-refractivity contribution in [3.63, 3.8) is 0 Å². The summed E-state index contributed by atoms with van der Waals surface area (Å²) in [5.41, 5.74) is 8.13. The van der Waals surface area contributed by atoms with Crippen LogP contribution in [-0.2, 0) is 19.1 Å². The van der Waals surface area contributed by atoms with Crippen LogP contribution < -0.4 is 5.32 Å². The molecular weight excluding hydrogens is 312 g/mol. The lowest BCUT2D eigenvalue weighted by Crippen LogP contribution is -2.45. The monoisotopic (exact) mass is 340 g/mol. The van der Waals surface area contributed by atoms with Gasteiger partial charge in [-0.15, -0.1) is 0 Å². The molecule has 0 spiro atoms. The lowest BCUT2D eigenvalue weighted by Gasteiger charge is -2.22. The third-order valence-electron chi connectivity index (χ3n) is 3.61. The van der Waals surface area contributed by atoms with E-state index in [9.17, 15) is 14.4 Å². The van der Waals surface area contributed by atoms with Crippen molar-refractivity contribution in [2.75, 3.05) is 19.8 Å². The SMILES string of the molecule is CC(C)C(=O)[C@H](C)NC(=O)[C@@H](CC(=O)COCCN=[N+]=[N-])C(C)C. The molecule has 0 aromatic heterocycles. The number of hydrogen-bond acceptors (Lipinski definition) is 5. The molecule has 0 saturated carbocycles. The number of azide groups is 1. The van der Waals surface area contributed by atoms with Gasteiger partial charge in [0.25, 0.3) is 0 Å². The van der Waals surface area contributed by atoms with Crippen molar-refractivity contribution in [2.24, 2.45) is 22.9 Å². The molecule has 2 atom stereocenters. The van der Waals surface area contributed by atoms with Crippen molar-refractivity contribution >= 4 is 17.5 Å². The molecular formula is C16H28N4O4. The predicted molar refractivity (Wildman–Crippen MR) is 90.2 cm³/mol. The van der Waals surface area contributed by atoms with E-state index in [-0.39, 0.29) is 55.5 Å². The summed E-state index contributed by atoms with van der Waals surface area (Å²) >= 11 is 0. The van der Waals surface area contributed by atoms with Gasteiger partial charge in [-0.05, 0) is 18.4 Å². The molecule has 1 amide bonds. The van der Waals surface area contributed by atoms with E-state index < -0.39 is 12.0 Å². The Morgan fingerprint density at radius 1 is 1.17 bits per heavy atom. The van der Waals surface area contributed by atoms with E-state index in [1.165, 1.54) is 0 Å². The number of ether oxygens (including phenoxy) is 1. The topological polar surface area (TPSA) is 121 Å². The number of ketones is 2. The molecule has 0 radical (unpaired) electrons. The molecule has 0 aliphatic carbocycles. The largest absolute Gasteiger partial charge is 0.374 e. The van der Waals surface area contributed by atoms with Gasteiger partial charge in [0.1, 0.15) is 6.61 Å². The minimum absolute atomic E-state index is 0.0430. The Labute approximate surface area is 142 Å². The molecule has 24 heavy (non-hydrogen) atoms. The molecule has 8 heteroatoms. The van der Waals surface area contributed by atoms with Crippen LogP contribution in [0.5, 0.6) is 0 Å². The third kappa shape index (κ3) is 8.64. The second-order valence-electron chi connectivity index (χ2n) is 6.39. The summed E-state index contributed by atoms with van der Waals surface area (Å²) in [5, 5.41) is 5.99. The maximum absolute atomic E-state index is 12.4. The summed E-state index contributed by atoms with van der Waals surface area (Å²) < 4.78 is 5.11.